The van der Waals surface area contributed by atoms with Crippen molar-refractivity contribution in [3.8, 4) is 0 Å². The molecule has 7 heteroatoms. The topological polar surface area (TPSA) is 53.4 Å². The lowest BCUT2D eigenvalue weighted by Crippen LogP contribution is -2.40. The van der Waals surface area contributed by atoms with Gasteiger partial charge in [0.2, 0.25) is 0 Å². The second-order valence-electron chi connectivity index (χ2n) is 4.17. The van der Waals surface area contributed by atoms with Crippen LogP contribution in [0.5, 0.6) is 0 Å². The maximum atomic E-state index is 13.0. The number of carboxylic acids is 1. The minimum atomic E-state index is -2.66. The second-order valence-corrected chi connectivity index (χ2v) is 5.09. The number of aromatic carboxylic acids is 1. The molecule has 0 aromatic carbocycles. The molecule has 0 bridgehead atoms. The van der Waals surface area contributed by atoms with Gasteiger partial charge < -0.3 is 10.0 Å². The van der Waals surface area contributed by atoms with Gasteiger partial charge in [-0.25, -0.2) is 18.6 Å². The molecule has 0 saturated carbocycles. The normalized spacial score (nSPS) is 18.7. The quantitative estimate of drug-likeness (QED) is 0.910. The van der Waals surface area contributed by atoms with E-state index in [0.717, 1.165) is 0 Å². The number of pyridine rings is 1. The maximum absolute atomic E-state index is 13.0. The van der Waals surface area contributed by atoms with Gasteiger partial charge in [-0.2, -0.15) is 0 Å². The Bertz CT molecular complexity index is 472. The van der Waals surface area contributed by atoms with Crippen molar-refractivity contribution in [2.45, 2.75) is 18.8 Å². The molecule has 98 valence electrons. The van der Waals surface area contributed by atoms with Crippen LogP contribution in [0, 0.1) is 0 Å². The van der Waals surface area contributed by atoms with E-state index in [2.05, 4.69) is 20.9 Å². The van der Waals surface area contributed by atoms with Gasteiger partial charge in [-0.3, -0.25) is 0 Å². The van der Waals surface area contributed by atoms with E-state index in [1.165, 1.54) is 12.3 Å². The summed E-state index contributed by atoms with van der Waals surface area (Å²) < 4.78 is 26.6. The predicted octanol–water partition coefficient (Wildman–Crippen LogP) is 2.78. The molecule has 1 fully saturated rings. The molecule has 2 rings (SSSR count). The SMILES string of the molecule is O=C(O)c1cc(Br)cnc1N1CCC(F)(F)CC1. The Morgan fingerprint density at radius 2 is 2.06 bits per heavy atom. The lowest BCUT2D eigenvalue weighted by atomic mass is 10.1. The van der Waals surface area contributed by atoms with Gasteiger partial charge in [0.1, 0.15) is 11.4 Å². The monoisotopic (exact) mass is 320 g/mol. The molecule has 0 aliphatic carbocycles. The van der Waals surface area contributed by atoms with Crippen molar-refractivity contribution in [2.24, 2.45) is 0 Å². The number of aromatic nitrogens is 1. The van der Waals surface area contributed by atoms with Gasteiger partial charge >= 0.3 is 5.97 Å². The van der Waals surface area contributed by atoms with Gasteiger partial charge in [-0.05, 0) is 22.0 Å². The van der Waals surface area contributed by atoms with E-state index in [1.807, 2.05) is 0 Å². The molecule has 1 aromatic rings. The first-order valence-electron chi connectivity index (χ1n) is 5.41. The van der Waals surface area contributed by atoms with Crippen LogP contribution in [-0.2, 0) is 0 Å². The molecule has 1 saturated heterocycles. The number of carboxylic acid groups (broad SMARTS) is 1. The van der Waals surface area contributed by atoms with Crippen molar-refractivity contribution in [1.29, 1.82) is 0 Å². The Hall–Kier alpha value is -1.24. The Morgan fingerprint density at radius 1 is 1.44 bits per heavy atom. The predicted molar refractivity (Wildman–Crippen MR) is 65.3 cm³/mol. The van der Waals surface area contributed by atoms with Gasteiger partial charge in [0.25, 0.3) is 5.92 Å². The summed E-state index contributed by atoms with van der Waals surface area (Å²) in [6, 6.07) is 1.43. The average Bonchev–Trinajstić information content (AvgIpc) is 2.29. The molecule has 0 spiro atoms. The number of nitrogens with zero attached hydrogens (tertiary/aromatic N) is 2. The summed E-state index contributed by atoms with van der Waals surface area (Å²) in [7, 11) is 0. The fraction of sp³-hybridized carbons (Fsp3) is 0.455. The molecule has 0 atom stereocenters. The first kappa shape index (κ1) is 13.2. The van der Waals surface area contributed by atoms with Gasteiger partial charge in [-0.15, -0.1) is 0 Å². The largest absolute Gasteiger partial charge is 0.478 e. The maximum Gasteiger partial charge on any atom is 0.339 e. The average molecular weight is 321 g/mol. The third kappa shape index (κ3) is 2.77. The molecule has 1 N–H and O–H groups in total. The van der Waals surface area contributed by atoms with Crippen LogP contribution in [0.3, 0.4) is 0 Å². The van der Waals surface area contributed by atoms with Crippen LogP contribution in [0.2, 0.25) is 0 Å². The summed E-state index contributed by atoms with van der Waals surface area (Å²) in [6.45, 7) is 0.226. The lowest BCUT2D eigenvalue weighted by molar-refractivity contribution is -0.0221. The summed E-state index contributed by atoms with van der Waals surface area (Å²) in [5.41, 5.74) is 0.0228. The second kappa shape index (κ2) is 4.79. The number of rotatable bonds is 2. The van der Waals surface area contributed by atoms with Crippen molar-refractivity contribution in [3.63, 3.8) is 0 Å². The summed E-state index contributed by atoms with van der Waals surface area (Å²) in [6.07, 6.45) is 0.919. The molecule has 4 nitrogen and oxygen atoms in total. The Morgan fingerprint density at radius 3 is 2.61 bits per heavy atom. The van der Waals surface area contributed by atoms with E-state index < -0.39 is 11.9 Å². The van der Waals surface area contributed by atoms with Crippen LogP contribution in [0.4, 0.5) is 14.6 Å². The van der Waals surface area contributed by atoms with E-state index in [9.17, 15) is 13.6 Å². The van der Waals surface area contributed by atoms with Gasteiger partial charge in [-0.1, -0.05) is 0 Å². The zero-order valence-corrected chi connectivity index (χ0v) is 11.0. The van der Waals surface area contributed by atoms with Crippen LogP contribution in [0.15, 0.2) is 16.7 Å². The molecule has 1 aliphatic rings. The minimum absolute atomic E-state index is 0.0228. The fourth-order valence-electron chi connectivity index (χ4n) is 1.89. The zero-order chi connectivity index (χ0) is 13.3. The minimum Gasteiger partial charge on any atom is -0.478 e. The summed E-state index contributed by atoms with van der Waals surface area (Å²) in [4.78, 5) is 16.7. The van der Waals surface area contributed by atoms with Crippen LogP contribution in [0.25, 0.3) is 0 Å². The highest BCUT2D eigenvalue weighted by Gasteiger charge is 2.35. The van der Waals surface area contributed by atoms with Crippen molar-refractivity contribution in [2.75, 3.05) is 18.0 Å². The van der Waals surface area contributed by atoms with Gasteiger partial charge in [0.15, 0.2) is 0 Å². The molecular formula is C11H11BrF2N2O2. The summed E-state index contributed by atoms with van der Waals surface area (Å²) in [5.74, 6) is -3.52. The summed E-state index contributed by atoms with van der Waals surface area (Å²) in [5, 5.41) is 9.09. The lowest BCUT2D eigenvalue weighted by Gasteiger charge is -2.33. The number of piperidine rings is 1. The summed E-state index contributed by atoms with van der Waals surface area (Å²) >= 11 is 3.14. The van der Waals surface area contributed by atoms with Crippen molar-refractivity contribution in [1.82, 2.24) is 4.98 Å². The van der Waals surface area contributed by atoms with Crippen LogP contribution in [0.1, 0.15) is 23.2 Å². The first-order chi connectivity index (χ1) is 8.39. The number of halogens is 3. The molecule has 1 aromatic heterocycles. The number of alkyl halides is 2. The Labute approximate surface area is 111 Å². The van der Waals surface area contributed by atoms with E-state index in [1.54, 1.807) is 4.90 Å². The molecule has 2 heterocycles. The van der Waals surface area contributed by atoms with E-state index in [0.29, 0.717) is 4.47 Å². The highest BCUT2D eigenvalue weighted by atomic mass is 79.9. The molecule has 1 aliphatic heterocycles. The standard InChI is InChI=1S/C11H11BrF2N2O2/c12-7-5-8(10(17)18)9(15-6-7)16-3-1-11(13,14)2-4-16/h5-6H,1-4H2,(H,17,18). The number of carbonyl (C=O) groups is 1. The van der Waals surface area contributed by atoms with E-state index in [-0.39, 0.29) is 37.3 Å². The number of hydrogen-bond acceptors (Lipinski definition) is 3. The third-order valence-electron chi connectivity index (χ3n) is 2.86. The van der Waals surface area contributed by atoms with Crippen LogP contribution < -0.4 is 4.90 Å². The Kier molecular flexibility index (Phi) is 3.52. The smallest absolute Gasteiger partial charge is 0.339 e. The van der Waals surface area contributed by atoms with E-state index >= 15 is 0 Å². The zero-order valence-electron chi connectivity index (χ0n) is 9.37. The number of anilines is 1. The van der Waals surface area contributed by atoms with Gasteiger partial charge in [0.05, 0.1) is 0 Å². The van der Waals surface area contributed by atoms with E-state index in [4.69, 9.17) is 5.11 Å². The molecule has 18 heavy (non-hydrogen) atoms. The van der Waals surface area contributed by atoms with Crippen molar-refractivity contribution >= 4 is 27.7 Å². The van der Waals surface area contributed by atoms with Crippen LogP contribution >= 0.6 is 15.9 Å². The number of hydrogen-bond donors (Lipinski definition) is 1. The molecule has 0 amide bonds. The highest BCUT2D eigenvalue weighted by molar-refractivity contribution is 9.10. The Balaban J connectivity index is 2.26. The van der Waals surface area contributed by atoms with Crippen LogP contribution in [-0.4, -0.2) is 35.1 Å². The van der Waals surface area contributed by atoms with Crippen molar-refractivity contribution in [3.05, 3.63) is 22.3 Å². The molecular weight excluding hydrogens is 310 g/mol. The van der Waals surface area contributed by atoms with Crippen molar-refractivity contribution < 1.29 is 18.7 Å². The molecule has 0 unspecified atom stereocenters. The van der Waals surface area contributed by atoms with Gasteiger partial charge in [0, 0.05) is 36.6 Å². The third-order valence-corrected chi connectivity index (χ3v) is 3.29. The fourth-order valence-corrected chi connectivity index (χ4v) is 2.22. The highest BCUT2D eigenvalue weighted by Crippen LogP contribution is 2.31. The molecule has 0 radical (unpaired) electrons. The first-order valence-corrected chi connectivity index (χ1v) is 6.20.